The van der Waals surface area contributed by atoms with E-state index in [1.165, 1.54) is 0 Å². The zero-order valence-electron chi connectivity index (χ0n) is 13.5. The van der Waals surface area contributed by atoms with E-state index >= 15 is 0 Å². The number of hydrogen-bond acceptors (Lipinski definition) is 5. The van der Waals surface area contributed by atoms with Crippen LogP contribution in [0.2, 0.25) is 0 Å². The molecule has 3 heterocycles. The number of aromatic amines is 1. The number of carbonyl (C=O) groups excluding carboxylic acids is 1. The van der Waals surface area contributed by atoms with Gasteiger partial charge < -0.3 is 9.64 Å². The number of carbonyl (C=O) groups is 1. The van der Waals surface area contributed by atoms with Gasteiger partial charge in [0.1, 0.15) is 12.3 Å². The largest absolute Gasteiger partial charge is 0.377 e. The molecule has 122 valence electrons. The van der Waals surface area contributed by atoms with E-state index in [1.807, 2.05) is 24.0 Å². The molecule has 0 aromatic carbocycles. The zero-order chi connectivity index (χ0) is 16.2. The minimum absolute atomic E-state index is 0.0501. The van der Waals surface area contributed by atoms with Crippen molar-refractivity contribution in [2.75, 3.05) is 13.7 Å². The fourth-order valence-corrected chi connectivity index (χ4v) is 2.95. The second-order valence-electron chi connectivity index (χ2n) is 5.75. The lowest BCUT2D eigenvalue weighted by molar-refractivity contribution is 0.0593. The van der Waals surface area contributed by atoms with E-state index in [0.29, 0.717) is 30.5 Å². The number of aryl methyl sites for hydroxylation is 1. The molecule has 7 heteroatoms. The molecule has 0 bridgehead atoms. The number of hydrogen-bond donors (Lipinski definition) is 1. The summed E-state index contributed by atoms with van der Waals surface area (Å²) in [5.74, 6) is 1.28. The first kappa shape index (κ1) is 15.6. The van der Waals surface area contributed by atoms with E-state index < -0.39 is 0 Å². The average Bonchev–Trinajstić information content (AvgIpc) is 3.04. The van der Waals surface area contributed by atoms with Gasteiger partial charge in [0.15, 0.2) is 11.6 Å². The number of pyridine rings is 1. The predicted octanol–water partition coefficient (Wildman–Crippen LogP) is 2.02. The topological polar surface area (TPSA) is 84.0 Å². The van der Waals surface area contributed by atoms with Gasteiger partial charge in [-0.3, -0.25) is 14.9 Å². The van der Waals surface area contributed by atoms with E-state index in [-0.39, 0.29) is 11.9 Å². The van der Waals surface area contributed by atoms with Crippen molar-refractivity contribution in [3.8, 4) is 0 Å². The number of nitrogens with one attached hydrogen (secondary N) is 1. The Labute approximate surface area is 135 Å². The molecular formula is C16H21N5O2. The standard InChI is InChI=1S/C16H21N5O2/c1-11-6-5-8-17-14(11)16(22)21-9-4-3-7-12(21)15-18-13(10-23-2)19-20-15/h5-6,8,12H,3-4,7,9-10H2,1-2H3,(H,18,19,20)/t12-/m1/s1. The van der Waals surface area contributed by atoms with Gasteiger partial charge in [0.2, 0.25) is 0 Å². The number of nitrogens with zero attached hydrogens (tertiary/aromatic N) is 4. The van der Waals surface area contributed by atoms with E-state index in [9.17, 15) is 4.79 Å². The van der Waals surface area contributed by atoms with E-state index in [1.54, 1.807) is 13.3 Å². The highest BCUT2D eigenvalue weighted by molar-refractivity contribution is 5.93. The number of amides is 1. The van der Waals surface area contributed by atoms with Gasteiger partial charge in [0.05, 0.1) is 6.04 Å². The molecule has 2 aromatic rings. The van der Waals surface area contributed by atoms with Gasteiger partial charge in [0, 0.05) is 19.9 Å². The number of piperidine rings is 1. The van der Waals surface area contributed by atoms with Crippen LogP contribution in [0.3, 0.4) is 0 Å². The lowest BCUT2D eigenvalue weighted by atomic mass is 10.0. The zero-order valence-corrected chi connectivity index (χ0v) is 13.5. The third-order valence-electron chi connectivity index (χ3n) is 4.10. The van der Waals surface area contributed by atoms with Gasteiger partial charge in [-0.05, 0) is 37.8 Å². The SMILES string of the molecule is COCc1nc([C@H]2CCCCN2C(=O)c2ncccc2C)n[nH]1. The van der Waals surface area contributed by atoms with Crippen LogP contribution in [0.1, 0.15) is 53.0 Å². The molecule has 0 saturated carbocycles. The van der Waals surface area contributed by atoms with Crippen molar-refractivity contribution in [1.82, 2.24) is 25.1 Å². The van der Waals surface area contributed by atoms with Crippen LogP contribution in [-0.2, 0) is 11.3 Å². The van der Waals surface area contributed by atoms with Crippen molar-refractivity contribution in [1.29, 1.82) is 0 Å². The summed E-state index contributed by atoms with van der Waals surface area (Å²) in [5, 5.41) is 7.15. The number of ether oxygens (including phenoxy) is 1. The molecule has 1 amide bonds. The molecule has 0 spiro atoms. The van der Waals surface area contributed by atoms with Crippen LogP contribution in [0, 0.1) is 6.92 Å². The molecule has 7 nitrogen and oxygen atoms in total. The van der Waals surface area contributed by atoms with Gasteiger partial charge in [-0.2, -0.15) is 5.10 Å². The Balaban J connectivity index is 1.86. The quantitative estimate of drug-likeness (QED) is 0.933. The average molecular weight is 315 g/mol. The molecule has 0 radical (unpaired) electrons. The molecule has 1 saturated heterocycles. The number of likely N-dealkylation sites (tertiary alicyclic amines) is 1. The number of H-pyrrole nitrogens is 1. The Morgan fingerprint density at radius 1 is 1.48 bits per heavy atom. The molecule has 23 heavy (non-hydrogen) atoms. The highest BCUT2D eigenvalue weighted by atomic mass is 16.5. The maximum Gasteiger partial charge on any atom is 0.273 e. The van der Waals surface area contributed by atoms with Crippen LogP contribution in [0.25, 0.3) is 0 Å². The molecule has 0 unspecified atom stereocenters. The Bertz CT molecular complexity index is 685. The summed E-state index contributed by atoms with van der Waals surface area (Å²) in [6.45, 7) is 2.99. The van der Waals surface area contributed by atoms with Crippen LogP contribution in [0.4, 0.5) is 0 Å². The number of rotatable bonds is 4. The predicted molar refractivity (Wildman–Crippen MR) is 83.7 cm³/mol. The molecule has 1 aliphatic heterocycles. The van der Waals surface area contributed by atoms with E-state index in [4.69, 9.17) is 4.74 Å². The summed E-state index contributed by atoms with van der Waals surface area (Å²) in [6.07, 6.45) is 4.57. The number of aromatic nitrogens is 4. The number of methoxy groups -OCH3 is 1. The van der Waals surface area contributed by atoms with Gasteiger partial charge in [-0.25, -0.2) is 4.98 Å². The van der Waals surface area contributed by atoms with Crippen LogP contribution in [0.15, 0.2) is 18.3 Å². The summed E-state index contributed by atoms with van der Waals surface area (Å²) in [6, 6.07) is 3.63. The first-order chi connectivity index (χ1) is 11.2. The second-order valence-corrected chi connectivity index (χ2v) is 5.75. The fourth-order valence-electron chi connectivity index (χ4n) is 2.95. The van der Waals surface area contributed by atoms with Crippen molar-refractivity contribution < 1.29 is 9.53 Å². The van der Waals surface area contributed by atoms with Crippen LogP contribution in [-0.4, -0.2) is 44.6 Å². The summed E-state index contributed by atoms with van der Waals surface area (Å²) in [5.41, 5.74) is 1.39. The minimum atomic E-state index is -0.112. The van der Waals surface area contributed by atoms with Crippen LogP contribution in [0.5, 0.6) is 0 Å². The summed E-state index contributed by atoms with van der Waals surface area (Å²) in [4.78, 5) is 23.5. The molecular weight excluding hydrogens is 294 g/mol. The first-order valence-electron chi connectivity index (χ1n) is 7.83. The van der Waals surface area contributed by atoms with Gasteiger partial charge in [-0.1, -0.05) is 6.07 Å². The van der Waals surface area contributed by atoms with Crippen LogP contribution >= 0.6 is 0 Å². The molecule has 1 aliphatic rings. The molecule has 1 fully saturated rings. The van der Waals surface area contributed by atoms with Crippen LogP contribution < -0.4 is 0 Å². The van der Waals surface area contributed by atoms with Gasteiger partial charge in [-0.15, -0.1) is 0 Å². The molecule has 3 rings (SSSR count). The van der Waals surface area contributed by atoms with Gasteiger partial charge in [0.25, 0.3) is 5.91 Å². The normalized spacial score (nSPS) is 18.2. The maximum atomic E-state index is 12.9. The summed E-state index contributed by atoms with van der Waals surface area (Å²) >= 11 is 0. The molecule has 0 aliphatic carbocycles. The lowest BCUT2D eigenvalue weighted by Gasteiger charge is -2.34. The molecule has 2 aromatic heterocycles. The monoisotopic (exact) mass is 315 g/mol. The summed E-state index contributed by atoms with van der Waals surface area (Å²) in [7, 11) is 1.61. The van der Waals surface area contributed by atoms with E-state index in [2.05, 4.69) is 20.2 Å². The molecule has 1 N–H and O–H groups in total. The highest BCUT2D eigenvalue weighted by Gasteiger charge is 2.32. The van der Waals surface area contributed by atoms with Crippen molar-refractivity contribution in [2.24, 2.45) is 0 Å². The Kier molecular flexibility index (Phi) is 4.66. The minimum Gasteiger partial charge on any atom is -0.377 e. The Morgan fingerprint density at radius 3 is 3.13 bits per heavy atom. The van der Waals surface area contributed by atoms with E-state index in [0.717, 1.165) is 24.8 Å². The van der Waals surface area contributed by atoms with Crippen molar-refractivity contribution in [3.63, 3.8) is 0 Å². The highest BCUT2D eigenvalue weighted by Crippen LogP contribution is 2.30. The van der Waals surface area contributed by atoms with Crippen molar-refractivity contribution >= 4 is 5.91 Å². The maximum absolute atomic E-state index is 12.9. The van der Waals surface area contributed by atoms with Gasteiger partial charge >= 0.3 is 0 Å². The van der Waals surface area contributed by atoms with Crippen molar-refractivity contribution in [2.45, 2.75) is 38.8 Å². The van der Waals surface area contributed by atoms with Crippen molar-refractivity contribution in [3.05, 3.63) is 41.2 Å². The fraction of sp³-hybridized carbons (Fsp3) is 0.500. The third kappa shape index (κ3) is 3.24. The summed E-state index contributed by atoms with van der Waals surface area (Å²) < 4.78 is 5.06. The Morgan fingerprint density at radius 2 is 2.35 bits per heavy atom. The molecule has 1 atom stereocenters. The second kappa shape index (κ2) is 6.87. The Hall–Kier alpha value is -2.28. The third-order valence-corrected chi connectivity index (χ3v) is 4.10. The lowest BCUT2D eigenvalue weighted by Crippen LogP contribution is -2.39. The first-order valence-corrected chi connectivity index (χ1v) is 7.83. The smallest absolute Gasteiger partial charge is 0.273 e.